The molecule has 36 heavy (non-hydrogen) atoms. The Bertz CT molecular complexity index is 1280. The summed E-state index contributed by atoms with van der Waals surface area (Å²) in [5, 5.41) is 25.6. The lowest BCUT2D eigenvalue weighted by Gasteiger charge is -2.49. The predicted molar refractivity (Wildman–Crippen MR) is 137 cm³/mol. The van der Waals surface area contributed by atoms with Gasteiger partial charge >= 0.3 is 5.97 Å². The summed E-state index contributed by atoms with van der Waals surface area (Å²) >= 11 is 5.26. The van der Waals surface area contributed by atoms with Crippen LogP contribution in [0.25, 0.3) is 0 Å². The van der Waals surface area contributed by atoms with E-state index in [2.05, 4.69) is 25.7 Å². The van der Waals surface area contributed by atoms with E-state index in [1.54, 1.807) is 10.9 Å². The van der Waals surface area contributed by atoms with Gasteiger partial charge in [0.25, 0.3) is 11.8 Å². The lowest BCUT2D eigenvalue weighted by Crippen LogP contribution is -2.71. The number of hydrogen-bond acceptors (Lipinski definition) is 13. The van der Waals surface area contributed by atoms with E-state index in [4.69, 9.17) is 10.6 Å². The number of nitrogen functional groups attached to an aromatic ring is 1. The van der Waals surface area contributed by atoms with Crippen LogP contribution in [0, 0.1) is 0 Å². The van der Waals surface area contributed by atoms with Gasteiger partial charge in [-0.3, -0.25) is 14.5 Å². The van der Waals surface area contributed by atoms with Gasteiger partial charge in [0, 0.05) is 16.9 Å². The monoisotopic (exact) mass is 565 g/mol. The summed E-state index contributed by atoms with van der Waals surface area (Å²) in [6.45, 7) is 0. The van der Waals surface area contributed by atoms with Crippen LogP contribution in [0.5, 0.6) is 0 Å². The minimum absolute atomic E-state index is 0.0521. The van der Waals surface area contributed by atoms with Crippen molar-refractivity contribution in [3.05, 3.63) is 40.0 Å². The van der Waals surface area contributed by atoms with E-state index in [1.165, 1.54) is 39.8 Å². The normalized spacial score (nSPS) is 23.4. The average Bonchev–Trinajstić information content (AvgIpc) is 3.64. The lowest BCUT2D eigenvalue weighted by molar-refractivity contribution is -0.150. The Labute approximate surface area is 221 Å². The molecular formula is C20H19N7O5S4. The van der Waals surface area contributed by atoms with Crippen molar-refractivity contribution in [2.75, 3.05) is 17.2 Å². The largest absolute Gasteiger partial charge is 0.477 e. The number of nitrogens with two attached hydrogens (primary N) is 1. The summed E-state index contributed by atoms with van der Waals surface area (Å²) in [4.78, 5) is 49.1. The van der Waals surface area contributed by atoms with Crippen molar-refractivity contribution in [1.82, 2.24) is 25.4 Å². The lowest BCUT2D eigenvalue weighted by atomic mass is 10.0. The van der Waals surface area contributed by atoms with Gasteiger partial charge in [0.15, 0.2) is 15.2 Å². The Hall–Kier alpha value is -2.95. The minimum Gasteiger partial charge on any atom is -0.477 e. The van der Waals surface area contributed by atoms with Crippen LogP contribution in [0.4, 0.5) is 5.13 Å². The molecule has 3 aliphatic rings. The molecule has 2 aromatic rings. The van der Waals surface area contributed by atoms with Crippen molar-refractivity contribution in [2.45, 2.75) is 34.7 Å². The Balaban J connectivity index is 1.31. The second-order valence-electron chi connectivity index (χ2n) is 7.77. The fraction of sp³-hybridized carbons (Fsp3) is 0.350. The number of amides is 2. The summed E-state index contributed by atoms with van der Waals surface area (Å²) in [5.74, 6) is -1.58. The fourth-order valence-electron chi connectivity index (χ4n) is 3.79. The number of carboxylic acids is 1. The number of β-lactam (4-membered cyclic amide) rings is 1. The zero-order valence-corrected chi connectivity index (χ0v) is 21.7. The minimum atomic E-state index is -1.19. The third-order valence-corrected chi connectivity index (χ3v) is 9.43. The van der Waals surface area contributed by atoms with E-state index in [0.29, 0.717) is 21.4 Å². The highest BCUT2D eigenvalue weighted by Gasteiger charge is 2.54. The third kappa shape index (κ3) is 4.98. The fourth-order valence-corrected chi connectivity index (χ4v) is 7.31. The first-order valence-electron chi connectivity index (χ1n) is 10.6. The number of carboxylic acid groups (broad SMARTS) is 1. The highest BCUT2D eigenvalue weighted by molar-refractivity contribution is 8.01. The van der Waals surface area contributed by atoms with Crippen molar-refractivity contribution >= 4 is 74.8 Å². The predicted octanol–water partition coefficient (Wildman–Crippen LogP) is 1.55. The van der Waals surface area contributed by atoms with Crippen LogP contribution < -0.4 is 11.1 Å². The van der Waals surface area contributed by atoms with E-state index in [0.717, 1.165) is 24.2 Å². The SMILES string of the molecule is Nc1nc(/C(=N/OC2C=CCC2)C(=O)NC2C(=O)N3C(C(=O)O)=C(CSc4nncs4)CS[C@H]23)cs1. The quantitative estimate of drug-likeness (QED) is 0.132. The Morgan fingerprint density at radius 2 is 2.25 bits per heavy atom. The molecule has 1 fully saturated rings. The molecule has 0 radical (unpaired) electrons. The number of hydrogen-bond donors (Lipinski definition) is 3. The molecule has 4 N–H and O–H groups in total. The molecule has 0 spiro atoms. The maximum absolute atomic E-state index is 13.2. The molecule has 2 amide bonds. The number of thioether (sulfide) groups is 2. The number of oxime groups is 1. The van der Waals surface area contributed by atoms with Crippen LogP contribution in [0.1, 0.15) is 18.5 Å². The average molecular weight is 566 g/mol. The van der Waals surface area contributed by atoms with Gasteiger partial charge in [0.1, 0.15) is 34.4 Å². The molecule has 3 atom stereocenters. The zero-order chi connectivity index (χ0) is 25.2. The number of anilines is 1. The van der Waals surface area contributed by atoms with Gasteiger partial charge in [0.05, 0.1) is 0 Å². The standard InChI is InChI=1S/C20H19N7O5S4/c21-19-23-11(7-34-19)12(26-32-10-3-1-2-4-10)15(28)24-13-16(29)27-14(18(30)31)9(5-33-17(13)27)6-35-20-25-22-8-36-20/h1,3,7-8,10,13,17H,2,4-6H2,(H2,21,23)(H,24,28)(H,30,31)/b26-12-/t10?,13?,17-/m1/s1. The van der Waals surface area contributed by atoms with Crippen LogP contribution >= 0.6 is 46.2 Å². The van der Waals surface area contributed by atoms with Crippen molar-refractivity contribution in [3.8, 4) is 0 Å². The molecule has 0 saturated carbocycles. The number of nitrogens with one attached hydrogen (secondary N) is 1. The van der Waals surface area contributed by atoms with Crippen molar-refractivity contribution in [1.29, 1.82) is 0 Å². The van der Waals surface area contributed by atoms with Crippen molar-refractivity contribution < 1.29 is 24.3 Å². The highest BCUT2D eigenvalue weighted by Crippen LogP contribution is 2.41. The summed E-state index contributed by atoms with van der Waals surface area (Å²) in [6, 6.07) is -0.915. The van der Waals surface area contributed by atoms with Gasteiger partial charge in [-0.25, -0.2) is 9.78 Å². The second-order valence-corrected chi connectivity index (χ2v) is 11.8. The molecule has 188 valence electrons. The van der Waals surface area contributed by atoms with E-state index >= 15 is 0 Å². The number of rotatable bonds is 9. The Morgan fingerprint density at radius 3 is 2.92 bits per heavy atom. The molecule has 1 aliphatic carbocycles. The second kappa shape index (κ2) is 10.6. The number of fused-ring (bicyclic) bond motifs is 1. The number of aromatic nitrogens is 3. The van der Waals surface area contributed by atoms with Gasteiger partial charge in [-0.2, -0.15) is 0 Å². The maximum Gasteiger partial charge on any atom is 0.352 e. The number of carbonyl (C=O) groups is 3. The molecule has 5 rings (SSSR count). The molecule has 2 aliphatic heterocycles. The number of nitrogens with zero attached hydrogens (tertiary/aromatic N) is 5. The van der Waals surface area contributed by atoms with E-state index < -0.39 is 29.2 Å². The molecular weight excluding hydrogens is 547 g/mol. The number of thiazole rings is 1. The molecule has 16 heteroatoms. The van der Waals surface area contributed by atoms with Gasteiger partial charge < -0.3 is 21.0 Å². The molecule has 4 heterocycles. The number of aliphatic carboxylic acids is 1. The van der Waals surface area contributed by atoms with Crippen molar-refractivity contribution in [2.24, 2.45) is 5.16 Å². The van der Waals surface area contributed by atoms with Gasteiger partial charge in [-0.15, -0.1) is 33.3 Å². The first-order valence-corrected chi connectivity index (χ1v) is 14.4. The smallest absolute Gasteiger partial charge is 0.352 e. The summed E-state index contributed by atoms with van der Waals surface area (Å²) in [5.41, 5.74) is 8.02. The molecule has 0 bridgehead atoms. The van der Waals surface area contributed by atoms with Crippen LogP contribution in [-0.2, 0) is 19.2 Å². The van der Waals surface area contributed by atoms with E-state index in [-0.39, 0.29) is 28.3 Å². The Kier molecular flexibility index (Phi) is 7.27. The van der Waals surface area contributed by atoms with Crippen LogP contribution in [0.2, 0.25) is 0 Å². The number of carbonyl (C=O) groups excluding carboxylic acids is 2. The summed E-state index contributed by atoms with van der Waals surface area (Å²) in [6.07, 6.45) is 5.18. The van der Waals surface area contributed by atoms with E-state index in [9.17, 15) is 19.5 Å². The van der Waals surface area contributed by atoms with Crippen LogP contribution in [0.3, 0.4) is 0 Å². The molecule has 1 saturated heterocycles. The third-order valence-electron chi connectivity index (χ3n) is 5.47. The first-order chi connectivity index (χ1) is 17.4. The molecule has 12 nitrogen and oxygen atoms in total. The summed E-state index contributed by atoms with van der Waals surface area (Å²) in [7, 11) is 0. The first kappa shape index (κ1) is 24.7. The van der Waals surface area contributed by atoms with Gasteiger partial charge in [-0.05, 0) is 24.5 Å². The highest BCUT2D eigenvalue weighted by atomic mass is 32.2. The molecule has 2 aromatic heterocycles. The summed E-state index contributed by atoms with van der Waals surface area (Å²) < 4.78 is 0.712. The zero-order valence-electron chi connectivity index (χ0n) is 18.4. The van der Waals surface area contributed by atoms with Crippen LogP contribution in [-0.4, -0.2) is 77.7 Å². The topological polar surface area (TPSA) is 173 Å². The van der Waals surface area contributed by atoms with Crippen LogP contribution in [0.15, 0.2) is 43.8 Å². The van der Waals surface area contributed by atoms with Crippen molar-refractivity contribution in [3.63, 3.8) is 0 Å². The van der Waals surface area contributed by atoms with Gasteiger partial charge in [0.2, 0.25) is 0 Å². The molecule has 0 aromatic carbocycles. The van der Waals surface area contributed by atoms with Gasteiger partial charge in [-0.1, -0.05) is 34.3 Å². The van der Waals surface area contributed by atoms with E-state index in [1.807, 2.05) is 12.2 Å². The molecule has 2 unspecified atom stereocenters. The maximum atomic E-state index is 13.2. The Morgan fingerprint density at radius 1 is 1.39 bits per heavy atom. The number of allylic oxidation sites excluding steroid dienone is 1.